The van der Waals surface area contributed by atoms with E-state index in [9.17, 15) is 14.4 Å². The maximum Gasteiger partial charge on any atom is 0.408 e. The van der Waals surface area contributed by atoms with Gasteiger partial charge in [0.2, 0.25) is 11.8 Å². The molecular formula is C23H43N3O4. The molecule has 0 aliphatic carbocycles. The van der Waals surface area contributed by atoms with E-state index in [1.54, 1.807) is 25.7 Å². The summed E-state index contributed by atoms with van der Waals surface area (Å²) in [4.78, 5) is 40.0. The lowest BCUT2D eigenvalue weighted by atomic mass is 9.95. The minimum atomic E-state index is -0.727. The van der Waals surface area contributed by atoms with Gasteiger partial charge in [-0.15, -0.1) is 0 Å². The van der Waals surface area contributed by atoms with Crippen LogP contribution >= 0.6 is 0 Å². The fourth-order valence-corrected chi connectivity index (χ4v) is 3.95. The van der Waals surface area contributed by atoms with Crippen molar-refractivity contribution in [3.8, 4) is 0 Å². The van der Waals surface area contributed by atoms with Crippen molar-refractivity contribution < 1.29 is 19.1 Å². The zero-order valence-corrected chi connectivity index (χ0v) is 20.2. The van der Waals surface area contributed by atoms with Crippen LogP contribution in [0.2, 0.25) is 0 Å². The maximum atomic E-state index is 13.2. The largest absolute Gasteiger partial charge is 0.444 e. The summed E-state index contributed by atoms with van der Waals surface area (Å²) in [6.07, 6.45) is 3.94. The van der Waals surface area contributed by atoms with E-state index in [0.29, 0.717) is 18.9 Å². The number of nitrogens with zero attached hydrogens (tertiary/aromatic N) is 1. The van der Waals surface area contributed by atoms with Crippen molar-refractivity contribution in [3.05, 3.63) is 0 Å². The first-order valence-electron chi connectivity index (χ1n) is 11.5. The van der Waals surface area contributed by atoms with Crippen molar-refractivity contribution in [1.29, 1.82) is 0 Å². The van der Waals surface area contributed by atoms with Gasteiger partial charge >= 0.3 is 6.09 Å². The fourth-order valence-electron chi connectivity index (χ4n) is 3.95. The van der Waals surface area contributed by atoms with Gasteiger partial charge in [0.15, 0.2) is 0 Å². The summed E-state index contributed by atoms with van der Waals surface area (Å²) in [6, 6.07) is -1.14. The first kappa shape index (κ1) is 26.2. The number of carbonyl (C=O) groups is 3. The first-order chi connectivity index (χ1) is 13.9. The van der Waals surface area contributed by atoms with Gasteiger partial charge in [0.25, 0.3) is 0 Å². The van der Waals surface area contributed by atoms with Crippen LogP contribution in [0.3, 0.4) is 0 Å². The topological polar surface area (TPSA) is 87.7 Å². The summed E-state index contributed by atoms with van der Waals surface area (Å²) < 4.78 is 5.32. The Morgan fingerprint density at radius 1 is 1.07 bits per heavy atom. The molecule has 0 aromatic rings. The molecule has 1 fully saturated rings. The maximum absolute atomic E-state index is 13.2. The van der Waals surface area contributed by atoms with Gasteiger partial charge < -0.3 is 20.3 Å². The van der Waals surface area contributed by atoms with E-state index in [1.807, 2.05) is 20.8 Å². The molecule has 2 N–H and O–H groups in total. The standard InChI is InChI=1S/C23H43N3O4/c1-9-17(10-2)14-16(5)24-20(27)18-12-11-13-26(18)21(28)19(15(3)4)25-22(29)30-23(6,7)8/h15-19H,9-14H2,1-8H3,(H,24,27)(H,25,29). The zero-order valence-electron chi connectivity index (χ0n) is 20.2. The van der Waals surface area contributed by atoms with Crippen LogP contribution in [0.5, 0.6) is 0 Å². The predicted octanol–water partition coefficient (Wildman–Crippen LogP) is 3.86. The van der Waals surface area contributed by atoms with Crippen LogP contribution in [0, 0.1) is 11.8 Å². The van der Waals surface area contributed by atoms with Crippen LogP contribution in [-0.4, -0.2) is 53.1 Å². The van der Waals surface area contributed by atoms with Gasteiger partial charge in [-0.1, -0.05) is 40.5 Å². The van der Waals surface area contributed by atoms with Crippen molar-refractivity contribution in [2.24, 2.45) is 11.8 Å². The molecule has 1 rings (SSSR count). The van der Waals surface area contributed by atoms with E-state index >= 15 is 0 Å². The fraction of sp³-hybridized carbons (Fsp3) is 0.870. The second-order valence-corrected chi connectivity index (χ2v) is 9.89. The highest BCUT2D eigenvalue weighted by molar-refractivity contribution is 5.92. The van der Waals surface area contributed by atoms with Gasteiger partial charge in [0, 0.05) is 12.6 Å². The highest BCUT2D eigenvalue weighted by atomic mass is 16.6. The molecular weight excluding hydrogens is 382 g/mol. The van der Waals surface area contributed by atoms with Gasteiger partial charge in [0.05, 0.1) is 0 Å². The van der Waals surface area contributed by atoms with Crippen molar-refractivity contribution in [2.75, 3.05) is 6.54 Å². The second-order valence-electron chi connectivity index (χ2n) is 9.89. The van der Waals surface area contributed by atoms with E-state index in [-0.39, 0.29) is 23.8 Å². The molecule has 1 heterocycles. The minimum absolute atomic E-state index is 0.0701. The third-order valence-corrected chi connectivity index (χ3v) is 5.67. The summed E-state index contributed by atoms with van der Waals surface area (Å²) in [6.45, 7) is 16.0. The van der Waals surface area contributed by atoms with Crippen LogP contribution in [0.15, 0.2) is 0 Å². The Labute approximate surface area is 182 Å². The van der Waals surface area contributed by atoms with E-state index in [0.717, 1.165) is 25.7 Å². The molecule has 3 amide bonds. The second kappa shape index (κ2) is 11.6. The Morgan fingerprint density at radius 3 is 2.17 bits per heavy atom. The number of carbonyl (C=O) groups excluding carboxylic acids is 3. The number of hydrogen-bond donors (Lipinski definition) is 2. The molecule has 1 aliphatic rings. The Bertz CT molecular complexity index is 581. The molecule has 0 saturated carbocycles. The Hall–Kier alpha value is -1.79. The van der Waals surface area contributed by atoms with Crippen LogP contribution in [0.1, 0.15) is 87.5 Å². The lowest BCUT2D eigenvalue weighted by Gasteiger charge is -2.32. The Kier molecular flexibility index (Phi) is 10.1. The number of amides is 3. The number of hydrogen-bond acceptors (Lipinski definition) is 4. The molecule has 30 heavy (non-hydrogen) atoms. The molecule has 0 aromatic carbocycles. The molecule has 0 bridgehead atoms. The van der Waals surface area contributed by atoms with Gasteiger partial charge in [-0.25, -0.2) is 4.79 Å². The van der Waals surface area contributed by atoms with Gasteiger partial charge in [0.1, 0.15) is 17.7 Å². The summed E-state index contributed by atoms with van der Waals surface area (Å²) in [5.41, 5.74) is -0.643. The molecule has 1 aliphatic heterocycles. The molecule has 7 heteroatoms. The van der Waals surface area contributed by atoms with E-state index in [2.05, 4.69) is 24.5 Å². The number of nitrogens with one attached hydrogen (secondary N) is 2. The number of rotatable bonds is 9. The van der Waals surface area contributed by atoms with Crippen molar-refractivity contribution in [2.45, 2.75) is 111 Å². The molecule has 0 aromatic heterocycles. The lowest BCUT2D eigenvalue weighted by Crippen LogP contribution is -2.56. The quantitative estimate of drug-likeness (QED) is 0.587. The average molecular weight is 426 g/mol. The normalized spacial score (nSPS) is 19.0. The highest BCUT2D eigenvalue weighted by Gasteiger charge is 2.39. The van der Waals surface area contributed by atoms with Crippen LogP contribution in [0.4, 0.5) is 4.79 Å². The summed E-state index contributed by atoms with van der Waals surface area (Å²) in [7, 11) is 0. The molecule has 174 valence electrons. The van der Waals surface area contributed by atoms with E-state index in [1.165, 1.54) is 0 Å². The van der Waals surface area contributed by atoms with Crippen LogP contribution in [0.25, 0.3) is 0 Å². The summed E-state index contributed by atoms with van der Waals surface area (Å²) in [5, 5.41) is 5.81. The highest BCUT2D eigenvalue weighted by Crippen LogP contribution is 2.22. The van der Waals surface area contributed by atoms with Gasteiger partial charge in [-0.05, 0) is 58.8 Å². The number of ether oxygens (including phenoxy) is 1. The molecule has 0 spiro atoms. The van der Waals surface area contributed by atoms with E-state index in [4.69, 9.17) is 4.74 Å². The minimum Gasteiger partial charge on any atom is -0.444 e. The number of alkyl carbamates (subject to hydrolysis) is 1. The van der Waals surface area contributed by atoms with Crippen molar-refractivity contribution >= 4 is 17.9 Å². The predicted molar refractivity (Wildman–Crippen MR) is 119 cm³/mol. The molecule has 1 saturated heterocycles. The zero-order chi connectivity index (χ0) is 23.1. The van der Waals surface area contributed by atoms with E-state index < -0.39 is 23.8 Å². The third kappa shape index (κ3) is 8.15. The first-order valence-corrected chi connectivity index (χ1v) is 11.5. The van der Waals surface area contributed by atoms with Crippen LogP contribution < -0.4 is 10.6 Å². The Morgan fingerprint density at radius 2 is 1.67 bits per heavy atom. The van der Waals surface area contributed by atoms with Crippen molar-refractivity contribution in [3.63, 3.8) is 0 Å². The average Bonchev–Trinajstić information content (AvgIpc) is 3.11. The third-order valence-electron chi connectivity index (χ3n) is 5.67. The summed E-state index contributed by atoms with van der Waals surface area (Å²) in [5.74, 6) is 0.147. The lowest BCUT2D eigenvalue weighted by molar-refractivity contribution is -0.141. The molecule has 3 unspecified atom stereocenters. The van der Waals surface area contributed by atoms with Gasteiger partial charge in [-0.3, -0.25) is 9.59 Å². The Balaban J connectivity index is 2.80. The monoisotopic (exact) mass is 425 g/mol. The van der Waals surface area contributed by atoms with Crippen molar-refractivity contribution in [1.82, 2.24) is 15.5 Å². The summed E-state index contributed by atoms with van der Waals surface area (Å²) >= 11 is 0. The molecule has 0 radical (unpaired) electrons. The number of likely N-dealkylation sites (tertiary alicyclic amines) is 1. The SMILES string of the molecule is CCC(CC)CC(C)NC(=O)C1CCCN1C(=O)C(NC(=O)OC(C)(C)C)C(C)C. The van der Waals surface area contributed by atoms with Crippen LogP contribution in [-0.2, 0) is 14.3 Å². The molecule has 3 atom stereocenters. The molecule has 7 nitrogen and oxygen atoms in total. The van der Waals surface area contributed by atoms with Gasteiger partial charge in [-0.2, -0.15) is 0 Å². The smallest absolute Gasteiger partial charge is 0.408 e.